The number of nitrogens with one attached hydrogen (secondary N) is 1. The summed E-state index contributed by atoms with van der Waals surface area (Å²) < 4.78 is 13.6. The average Bonchev–Trinajstić information content (AvgIpc) is 2.20. The van der Waals surface area contributed by atoms with E-state index < -0.39 is 16.8 Å². The number of hydrogen-bond donors (Lipinski definition) is 2. The monoisotopic (exact) mass is 272 g/mol. The molecule has 0 heterocycles. The van der Waals surface area contributed by atoms with E-state index in [-0.39, 0.29) is 16.6 Å². The lowest BCUT2D eigenvalue weighted by atomic mass is 9.74. The van der Waals surface area contributed by atoms with E-state index in [0.717, 1.165) is 6.07 Å². The first kappa shape index (κ1) is 14.9. The van der Waals surface area contributed by atoms with Crippen LogP contribution >= 0.6 is 11.6 Å². The van der Waals surface area contributed by atoms with Gasteiger partial charge < -0.3 is 11.1 Å². The zero-order valence-electron chi connectivity index (χ0n) is 11.0. The highest BCUT2D eigenvalue weighted by Gasteiger charge is 2.40. The minimum Gasteiger partial charge on any atom is -0.325 e. The summed E-state index contributed by atoms with van der Waals surface area (Å²) in [6, 6.07) is 4.09. The number of nitrogens with two attached hydrogens (primary N) is 1. The summed E-state index contributed by atoms with van der Waals surface area (Å²) in [5.74, 6) is -0.905. The minimum atomic E-state index is -0.834. The maximum absolute atomic E-state index is 13.6. The van der Waals surface area contributed by atoms with Crippen molar-refractivity contribution in [3.63, 3.8) is 0 Å². The van der Waals surface area contributed by atoms with Gasteiger partial charge in [-0.2, -0.15) is 0 Å². The Morgan fingerprint density at radius 2 is 1.89 bits per heavy atom. The molecule has 1 rings (SSSR count). The highest BCUT2D eigenvalue weighted by Crippen LogP contribution is 2.30. The number of halogens is 2. The van der Waals surface area contributed by atoms with Crippen LogP contribution in [0.25, 0.3) is 0 Å². The van der Waals surface area contributed by atoms with Crippen molar-refractivity contribution in [2.75, 3.05) is 5.32 Å². The van der Waals surface area contributed by atoms with Gasteiger partial charge in [0.2, 0.25) is 5.91 Å². The number of carbonyl (C=O) groups excluding carboxylic acids is 1. The molecule has 0 unspecified atom stereocenters. The van der Waals surface area contributed by atoms with Crippen molar-refractivity contribution in [3.8, 4) is 0 Å². The van der Waals surface area contributed by atoms with E-state index in [0.29, 0.717) is 0 Å². The van der Waals surface area contributed by atoms with E-state index in [1.165, 1.54) is 12.1 Å². The molecule has 0 aliphatic rings. The molecule has 5 heteroatoms. The summed E-state index contributed by atoms with van der Waals surface area (Å²) in [4.78, 5) is 12.1. The molecule has 3 N–H and O–H groups in total. The van der Waals surface area contributed by atoms with Gasteiger partial charge in [0.1, 0.15) is 5.82 Å². The van der Waals surface area contributed by atoms with Gasteiger partial charge in [-0.25, -0.2) is 4.39 Å². The Bertz CT molecular complexity index is 467. The largest absolute Gasteiger partial charge is 0.325 e. The highest BCUT2D eigenvalue weighted by atomic mass is 35.5. The Balaban J connectivity index is 2.95. The number of hydrogen-bond acceptors (Lipinski definition) is 2. The van der Waals surface area contributed by atoms with Crippen LogP contribution in [0.15, 0.2) is 18.2 Å². The van der Waals surface area contributed by atoms with Crippen LogP contribution < -0.4 is 11.1 Å². The predicted octanol–water partition coefficient (Wildman–Crippen LogP) is 3.18. The molecule has 0 fully saturated rings. The highest BCUT2D eigenvalue weighted by molar-refractivity contribution is 6.30. The van der Waals surface area contributed by atoms with E-state index in [9.17, 15) is 9.18 Å². The second-order valence-electron chi connectivity index (χ2n) is 5.42. The van der Waals surface area contributed by atoms with Gasteiger partial charge in [-0.1, -0.05) is 11.6 Å². The van der Waals surface area contributed by atoms with Gasteiger partial charge in [0.25, 0.3) is 0 Å². The Hall–Kier alpha value is -1.13. The van der Waals surface area contributed by atoms with Crippen LogP contribution in [0.1, 0.15) is 27.7 Å². The first-order valence-corrected chi connectivity index (χ1v) is 5.99. The molecule has 1 aromatic rings. The fourth-order valence-electron chi connectivity index (χ4n) is 1.16. The van der Waals surface area contributed by atoms with Crippen molar-refractivity contribution in [1.29, 1.82) is 0 Å². The minimum absolute atomic E-state index is 0.0988. The molecule has 0 spiro atoms. The van der Waals surface area contributed by atoms with Crippen LogP contribution in [0.5, 0.6) is 0 Å². The topological polar surface area (TPSA) is 55.1 Å². The molecule has 0 aromatic heterocycles. The number of anilines is 1. The van der Waals surface area contributed by atoms with E-state index in [4.69, 9.17) is 17.3 Å². The van der Waals surface area contributed by atoms with Crippen LogP contribution in [-0.4, -0.2) is 11.4 Å². The summed E-state index contributed by atoms with van der Waals surface area (Å²) in [6.07, 6.45) is 0. The number of amides is 1. The van der Waals surface area contributed by atoms with Gasteiger partial charge >= 0.3 is 0 Å². The molecule has 0 radical (unpaired) electrons. The van der Waals surface area contributed by atoms with Crippen LogP contribution in [0.2, 0.25) is 5.02 Å². The Morgan fingerprint density at radius 3 is 2.33 bits per heavy atom. The third-order valence-electron chi connectivity index (χ3n) is 3.36. The lowest BCUT2D eigenvalue weighted by Crippen LogP contribution is -2.53. The summed E-state index contributed by atoms with van der Waals surface area (Å²) in [6.45, 7) is 6.95. The van der Waals surface area contributed by atoms with Gasteiger partial charge in [0.05, 0.1) is 11.1 Å². The van der Waals surface area contributed by atoms with E-state index in [1.807, 2.05) is 0 Å². The van der Waals surface area contributed by atoms with Crippen molar-refractivity contribution < 1.29 is 9.18 Å². The quantitative estimate of drug-likeness (QED) is 0.888. The van der Waals surface area contributed by atoms with Gasteiger partial charge in [-0.3, -0.25) is 4.79 Å². The van der Waals surface area contributed by atoms with E-state index in [2.05, 4.69) is 5.32 Å². The van der Waals surface area contributed by atoms with Crippen LogP contribution in [0.3, 0.4) is 0 Å². The van der Waals surface area contributed by atoms with E-state index in [1.54, 1.807) is 27.7 Å². The molecule has 0 aliphatic heterocycles. The molecule has 0 aliphatic carbocycles. The number of rotatable bonds is 3. The molecule has 1 aromatic carbocycles. The first-order chi connectivity index (χ1) is 8.05. The molecule has 1 amide bonds. The molecule has 100 valence electrons. The lowest BCUT2D eigenvalue weighted by molar-refractivity contribution is -0.126. The summed E-state index contributed by atoms with van der Waals surface area (Å²) >= 11 is 5.64. The van der Waals surface area contributed by atoms with Gasteiger partial charge in [-0.15, -0.1) is 0 Å². The van der Waals surface area contributed by atoms with Crippen LogP contribution in [-0.2, 0) is 4.79 Å². The van der Waals surface area contributed by atoms with Crippen molar-refractivity contribution in [2.24, 2.45) is 11.1 Å². The summed E-state index contributed by atoms with van der Waals surface area (Å²) in [5.41, 5.74) is 4.50. The molecule has 3 nitrogen and oxygen atoms in total. The predicted molar refractivity (Wildman–Crippen MR) is 72.1 cm³/mol. The fraction of sp³-hybridized carbons (Fsp3) is 0.462. The maximum Gasteiger partial charge on any atom is 0.231 e. The number of carbonyl (C=O) groups is 1. The molecular formula is C13H18ClFN2O. The molecule has 0 atom stereocenters. The molecule has 0 saturated heterocycles. The van der Waals surface area contributed by atoms with Crippen molar-refractivity contribution >= 4 is 23.2 Å². The third kappa shape index (κ3) is 3.00. The zero-order valence-corrected chi connectivity index (χ0v) is 11.7. The lowest BCUT2D eigenvalue weighted by Gasteiger charge is -2.36. The standard InChI is InChI=1S/C13H18ClFN2O/c1-12(2,13(3,4)16)11(18)17-10-6-5-8(14)7-9(10)15/h5-7H,16H2,1-4H3,(H,17,18). The van der Waals surface area contributed by atoms with Gasteiger partial charge in [0, 0.05) is 10.6 Å². The fourth-order valence-corrected chi connectivity index (χ4v) is 1.32. The smallest absolute Gasteiger partial charge is 0.231 e. The second-order valence-corrected chi connectivity index (χ2v) is 5.86. The van der Waals surface area contributed by atoms with Crippen LogP contribution in [0, 0.1) is 11.2 Å². The molecular weight excluding hydrogens is 255 g/mol. The first-order valence-electron chi connectivity index (χ1n) is 5.61. The third-order valence-corrected chi connectivity index (χ3v) is 3.59. The summed E-state index contributed by atoms with van der Waals surface area (Å²) in [7, 11) is 0. The average molecular weight is 273 g/mol. The zero-order chi connectivity index (χ0) is 14.1. The Kier molecular flexibility index (Phi) is 4.03. The van der Waals surface area contributed by atoms with E-state index >= 15 is 0 Å². The SMILES string of the molecule is CC(C)(N)C(C)(C)C(=O)Nc1ccc(Cl)cc1F. The second kappa shape index (κ2) is 4.86. The Labute approximate surface area is 112 Å². The molecule has 18 heavy (non-hydrogen) atoms. The van der Waals surface area contributed by atoms with Crippen molar-refractivity contribution in [1.82, 2.24) is 0 Å². The van der Waals surface area contributed by atoms with Gasteiger partial charge in [-0.05, 0) is 45.9 Å². The number of benzene rings is 1. The van der Waals surface area contributed by atoms with Gasteiger partial charge in [0.15, 0.2) is 0 Å². The van der Waals surface area contributed by atoms with Crippen molar-refractivity contribution in [3.05, 3.63) is 29.0 Å². The normalized spacial score (nSPS) is 12.4. The van der Waals surface area contributed by atoms with Crippen LogP contribution in [0.4, 0.5) is 10.1 Å². The maximum atomic E-state index is 13.6. The van der Waals surface area contributed by atoms with Crippen molar-refractivity contribution in [2.45, 2.75) is 33.2 Å². The molecule has 0 bridgehead atoms. The summed E-state index contributed by atoms with van der Waals surface area (Å²) in [5, 5.41) is 2.81. The Morgan fingerprint density at radius 1 is 1.33 bits per heavy atom. The molecule has 0 saturated carbocycles.